The maximum atomic E-state index is 12.9. The summed E-state index contributed by atoms with van der Waals surface area (Å²) in [7, 11) is -3.58. The SMILES string of the molecule is NC1CCN(Cc2ccc(N3C=C4C=C(c5ccc(S(=O)(=O)NC6CCNCC6)cc5)NC4NC3=O)cc2)C1. The minimum absolute atomic E-state index is 0.0445. The Morgan fingerprint density at radius 2 is 1.72 bits per heavy atom. The number of rotatable bonds is 7. The summed E-state index contributed by atoms with van der Waals surface area (Å²) in [6, 6.07) is 14.9. The molecule has 2 atom stereocenters. The van der Waals surface area contributed by atoms with Crippen LogP contribution in [0.4, 0.5) is 10.5 Å². The number of urea groups is 1. The first-order chi connectivity index (χ1) is 18.8. The van der Waals surface area contributed by atoms with Crippen LogP contribution in [-0.2, 0) is 16.6 Å². The Morgan fingerprint density at radius 1 is 0.974 bits per heavy atom. The van der Waals surface area contributed by atoms with Gasteiger partial charge >= 0.3 is 6.03 Å². The lowest BCUT2D eigenvalue weighted by atomic mass is 10.1. The van der Waals surface area contributed by atoms with Crippen LogP contribution in [0.25, 0.3) is 5.70 Å². The van der Waals surface area contributed by atoms with Gasteiger partial charge in [-0.3, -0.25) is 9.80 Å². The number of sulfonamides is 1. The number of carbonyl (C=O) groups excluding carboxylic acids is 1. The number of fused-ring (bicyclic) bond motifs is 1. The molecule has 0 bridgehead atoms. The molecule has 2 aromatic carbocycles. The average Bonchev–Trinajstić information content (AvgIpc) is 3.54. The molecule has 39 heavy (non-hydrogen) atoms. The van der Waals surface area contributed by atoms with Gasteiger partial charge in [0.15, 0.2) is 0 Å². The highest BCUT2D eigenvalue weighted by Crippen LogP contribution is 2.29. The van der Waals surface area contributed by atoms with Crippen molar-refractivity contribution in [2.75, 3.05) is 31.1 Å². The van der Waals surface area contributed by atoms with Crippen molar-refractivity contribution in [1.82, 2.24) is 25.6 Å². The maximum Gasteiger partial charge on any atom is 0.327 e. The summed E-state index contributed by atoms with van der Waals surface area (Å²) in [6.45, 7) is 4.42. The largest absolute Gasteiger partial charge is 0.361 e. The Balaban J connectivity index is 1.14. The zero-order chi connectivity index (χ0) is 27.0. The summed E-state index contributed by atoms with van der Waals surface area (Å²) in [5.41, 5.74) is 10.6. The van der Waals surface area contributed by atoms with E-state index in [1.54, 1.807) is 29.2 Å². The van der Waals surface area contributed by atoms with Crippen LogP contribution in [0.3, 0.4) is 0 Å². The minimum atomic E-state index is -3.58. The summed E-state index contributed by atoms with van der Waals surface area (Å²) in [5, 5.41) is 9.59. The van der Waals surface area contributed by atoms with Gasteiger partial charge in [0.2, 0.25) is 10.0 Å². The first-order valence-electron chi connectivity index (χ1n) is 13.5. The molecule has 4 heterocycles. The quantitative estimate of drug-likeness (QED) is 0.355. The van der Waals surface area contributed by atoms with Crippen LogP contribution < -0.4 is 31.3 Å². The topological polar surface area (TPSA) is 132 Å². The van der Waals surface area contributed by atoms with E-state index >= 15 is 0 Å². The van der Waals surface area contributed by atoms with Gasteiger partial charge in [0.1, 0.15) is 6.17 Å². The van der Waals surface area contributed by atoms with Crippen LogP contribution in [0.2, 0.25) is 0 Å². The van der Waals surface area contributed by atoms with E-state index in [1.165, 1.54) is 5.56 Å². The molecule has 0 spiro atoms. The van der Waals surface area contributed by atoms with E-state index in [0.29, 0.717) is 0 Å². The number of carbonyl (C=O) groups is 1. The first-order valence-corrected chi connectivity index (χ1v) is 15.0. The molecule has 10 nitrogen and oxygen atoms in total. The Bertz CT molecular complexity index is 1380. The monoisotopic (exact) mass is 549 g/mol. The van der Waals surface area contributed by atoms with E-state index in [2.05, 4.69) is 37.7 Å². The fraction of sp³-hybridized carbons (Fsp3) is 0.393. The molecule has 0 aliphatic carbocycles. The van der Waals surface area contributed by atoms with E-state index < -0.39 is 10.0 Å². The van der Waals surface area contributed by atoms with E-state index in [-0.39, 0.29) is 29.2 Å². The van der Waals surface area contributed by atoms with E-state index in [0.717, 1.165) is 74.5 Å². The number of amides is 2. The number of hydrogen-bond donors (Lipinski definition) is 5. The maximum absolute atomic E-state index is 12.9. The summed E-state index contributed by atoms with van der Waals surface area (Å²) >= 11 is 0. The van der Waals surface area contributed by atoms with Crippen molar-refractivity contribution in [2.24, 2.45) is 5.73 Å². The van der Waals surface area contributed by atoms with Crippen LogP contribution in [0, 0.1) is 0 Å². The zero-order valence-corrected chi connectivity index (χ0v) is 22.6. The number of anilines is 1. The highest BCUT2D eigenvalue weighted by Gasteiger charge is 2.31. The summed E-state index contributed by atoms with van der Waals surface area (Å²) in [5.74, 6) is 0. The van der Waals surface area contributed by atoms with E-state index in [1.807, 2.05) is 24.4 Å². The van der Waals surface area contributed by atoms with Gasteiger partial charge < -0.3 is 21.7 Å². The van der Waals surface area contributed by atoms with Crippen LogP contribution >= 0.6 is 0 Å². The second kappa shape index (κ2) is 10.7. The Morgan fingerprint density at radius 3 is 2.41 bits per heavy atom. The van der Waals surface area contributed by atoms with Crippen molar-refractivity contribution in [3.63, 3.8) is 0 Å². The molecule has 0 aromatic heterocycles. The molecule has 4 aliphatic heterocycles. The fourth-order valence-corrected chi connectivity index (χ4v) is 6.89. The summed E-state index contributed by atoms with van der Waals surface area (Å²) < 4.78 is 28.5. The molecule has 11 heteroatoms. The van der Waals surface area contributed by atoms with Crippen molar-refractivity contribution in [2.45, 2.75) is 49.0 Å². The molecule has 2 aromatic rings. The van der Waals surface area contributed by atoms with Crippen molar-refractivity contribution >= 4 is 27.4 Å². The Hall–Kier alpha value is -3.22. The number of nitrogens with one attached hydrogen (secondary N) is 4. The number of nitrogens with zero attached hydrogens (tertiary/aromatic N) is 2. The van der Waals surface area contributed by atoms with Crippen molar-refractivity contribution in [1.29, 1.82) is 0 Å². The molecule has 0 radical (unpaired) electrons. The van der Waals surface area contributed by atoms with Gasteiger partial charge in [0.25, 0.3) is 0 Å². The molecule has 2 unspecified atom stereocenters. The third-order valence-electron chi connectivity index (χ3n) is 7.78. The molecule has 2 fully saturated rings. The van der Waals surface area contributed by atoms with Gasteiger partial charge in [-0.2, -0.15) is 0 Å². The lowest BCUT2D eigenvalue weighted by molar-refractivity contribution is 0.244. The third-order valence-corrected chi connectivity index (χ3v) is 9.31. The number of likely N-dealkylation sites (tertiary alicyclic amines) is 1. The molecule has 6 N–H and O–H groups in total. The highest BCUT2D eigenvalue weighted by atomic mass is 32.2. The molecule has 206 valence electrons. The van der Waals surface area contributed by atoms with Crippen LogP contribution in [0.15, 0.2) is 71.3 Å². The standard InChI is InChI=1S/C28H35N7O3S/c29-22-11-14-34(18-22)16-19-1-5-24(6-2-19)35-17-21-15-26(31-27(21)32-28(35)36)20-3-7-25(8-4-20)39(37,38)33-23-9-12-30-13-10-23/h1-8,15,17,22-23,27,30-31,33H,9-14,16,18,29H2,(H,32,36). The van der Waals surface area contributed by atoms with Gasteiger partial charge in [-0.25, -0.2) is 17.9 Å². The second-order valence-electron chi connectivity index (χ2n) is 10.7. The molecular formula is C28H35N7O3S. The van der Waals surface area contributed by atoms with Gasteiger partial charge in [-0.05, 0) is 73.8 Å². The summed E-state index contributed by atoms with van der Waals surface area (Å²) in [4.78, 5) is 17.1. The first kappa shape index (κ1) is 26.0. The molecule has 6 rings (SSSR count). The number of nitrogens with two attached hydrogens (primary N) is 1. The van der Waals surface area contributed by atoms with Crippen LogP contribution in [-0.4, -0.2) is 63.8 Å². The molecular weight excluding hydrogens is 514 g/mol. The normalized spacial score (nSPS) is 24.1. The smallest absolute Gasteiger partial charge is 0.327 e. The number of piperidine rings is 1. The van der Waals surface area contributed by atoms with Crippen molar-refractivity contribution in [3.05, 3.63) is 77.5 Å². The minimum Gasteiger partial charge on any atom is -0.361 e. The predicted molar refractivity (Wildman–Crippen MR) is 151 cm³/mol. The number of benzene rings is 2. The lowest BCUT2D eigenvalue weighted by Gasteiger charge is -2.29. The second-order valence-corrected chi connectivity index (χ2v) is 12.4. The summed E-state index contributed by atoms with van der Waals surface area (Å²) in [6.07, 6.45) is 6.09. The number of hydrogen-bond acceptors (Lipinski definition) is 7. The molecule has 2 saturated heterocycles. The Labute approximate surface area is 229 Å². The fourth-order valence-electron chi connectivity index (χ4n) is 5.59. The van der Waals surface area contributed by atoms with Gasteiger partial charge in [-0.15, -0.1) is 0 Å². The molecule has 0 saturated carbocycles. The van der Waals surface area contributed by atoms with Crippen LogP contribution in [0.1, 0.15) is 30.4 Å². The van der Waals surface area contributed by atoms with Crippen LogP contribution in [0.5, 0.6) is 0 Å². The van der Waals surface area contributed by atoms with Gasteiger partial charge in [-0.1, -0.05) is 24.3 Å². The third kappa shape index (κ3) is 5.73. The zero-order valence-electron chi connectivity index (χ0n) is 21.8. The lowest BCUT2D eigenvalue weighted by Crippen LogP contribution is -2.51. The van der Waals surface area contributed by atoms with E-state index in [9.17, 15) is 13.2 Å². The predicted octanol–water partition coefficient (Wildman–Crippen LogP) is 1.63. The molecule has 2 amide bonds. The highest BCUT2D eigenvalue weighted by molar-refractivity contribution is 7.89. The van der Waals surface area contributed by atoms with Crippen molar-refractivity contribution < 1.29 is 13.2 Å². The average molecular weight is 550 g/mol. The molecule has 4 aliphatic rings. The van der Waals surface area contributed by atoms with Gasteiger partial charge in [0, 0.05) is 49.2 Å². The Kier molecular flexibility index (Phi) is 7.17. The van der Waals surface area contributed by atoms with Gasteiger partial charge in [0.05, 0.1) is 10.6 Å². The van der Waals surface area contributed by atoms with E-state index in [4.69, 9.17) is 5.73 Å². The van der Waals surface area contributed by atoms with Crippen molar-refractivity contribution in [3.8, 4) is 0 Å².